The summed E-state index contributed by atoms with van der Waals surface area (Å²) in [5.74, 6) is 3.14. The van der Waals surface area contributed by atoms with Gasteiger partial charge in [-0.1, -0.05) is 0 Å². The lowest BCUT2D eigenvalue weighted by Gasteiger charge is -2.34. The van der Waals surface area contributed by atoms with Crippen molar-refractivity contribution >= 4 is 11.3 Å². The highest BCUT2D eigenvalue weighted by Gasteiger charge is 2.22. The maximum absolute atomic E-state index is 6.03. The van der Waals surface area contributed by atoms with E-state index in [2.05, 4.69) is 32.1 Å². The zero-order valence-electron chi connectivity index (χ0n) is 18.8. The third-order valence-electron chi connectivity index (χ3n) is 6.38. The minimum atomic E-state index is 0.670. The molecule has 0 N–H and O–H groups in total. The molecule has 170 valence electrons. The number of rotatable bonds is 7. The summed E-state index contributed by atoms with van der Waals surface area (Å²) in [4.78, 5) is 7.45. The molecule has 1 aliphatic heterocycles. The molecule has 7 nitrogen and oxygen atoms in total. The quantitative estimate of drug-likeness (QED) is 0.534. The lowest BCUT2D eigenvalue weighted by Crippen LogP contribution is -2.45. The third kappa shape index (κ3) is 4.67. The molecule has 1 aliphatic carbocycles. The Balaban J connectivity index is 1.16. The number of hydrogen-bond acceptors (Lipinski definition) is 8. The van der Waals surface area contributed by atoms with Crippen molar-refractivity contribution in [2.24, 2.45) is 0 Å². The number of ether oxygens (including phenoxy) is 2. The fraction of sp³-hybridized carbons (Fsp3) is 0.500. The van der Waals surface area contributed by atoms with E-state index >= 15 is 0 Å². The highest BCUT2D eigenvalue weighted by atomic mass is 32.1. The predicted octanol–water partition coefficient (Wildman–Crippen LogP) is 4.01. The van der Waals surface area contributed by atoms with Gasteiger partial charge in [0.15, 0.2) is 0 Å². The summed E-state index contributed by atoms with van der Waals surface area (Å²) < 4.78 is 16.9. The second kappa shape index (κ2) is 9.60. The van der Waals surface area contributed by atoms with Gasteiger partial charge in [0.05, 0.1) is 25.6 Å². The van der Waals surface area contributed by atoms with Crippen molar-refractivity contribution in [3.05, 3.63) is 46.2 Å². The minimum Gasteiger partial charge on any atom is -0.497 e. The third-order valence-corrected chi connectivity index (χ3v) is 7.60. The first-order valence-corrected chi connectivity index (χ1v) is 12.1. The van der Waals surface area contributed by atoms with Gasteiger partial charge in [-0.3, -0.25) is 9.80 Å². The van der Waals surface area contributed by atoms with Crippen LogP contribution >= 0.6 is 11.3 Å². The molecule has 0 atom stereocenters. The van der Waals surface area contributed by atoms with E-state index in [4.69, 9.17) is 13.9 Å². The van der Waals surface area contributed by atoms with E-state index in [1.54, 1.807) is 14.2 Å². The van der Waals surface area contributed by atoms with Crippen molar-refractivity contribution in [1.82, 2.24) is 20.0 Å². The summed E-state index contributed by atoms with van der Waals surface area (Å²) in [5.41, 5.74) is 2.63. The van der Waals surface area contributed by atoms with Crippen molar-refractivity contribution in [3.8, 4) is 22.3 Å². The molecular weight excluding hydrogens is 424 g/mol. The van der Waals surface area contributed by atoms with Crippen LogP contribution in [-0.2, 0) is 25.9 Å². The van der Waals surface area contributed by atoms with E-state index in [1.807, 2.05) is 23.5 Å². The van der Waals surface area contributed by atoms with Gasteiger partial charge in [-0.15, -0.1) is 21.5 Å². The Morgan fingerprint density at radius 2 is 1.72 bits per heavy atom. The Labute approximate surface area is 193 Å². The summed E-state index contributed by atoms with van der Waals surface area (Å²) in [6, 6.07) is 8.22. The highest BCUT2D eigenvalue weighted by molar-refractivity contribution is 7.15. The lowest BCUT2D eigenvalue weighted by molar-refractivity contribution is 0.114. The molecule has 5 rings (SSSR count). The normalized spacial score (nSPS) is 17.3. The highest BCUT2D eigenvalue weighted by Crippen LogP contribution is 2.35. The van der Waals surface area contributed by atoms with Crippen LogP contribution < -0.4 is 9.47 Å². The number of hydrogen-bond donors (Lipinski definition) is 0. The summed E-state index contributed by atoms with van der Waals surface area (Å²) in [5, 5.41) is 8.66. The number of aryl methyl sites for hydroxylation is 2. The first kappa shape index (κ1) is 21.4. The number of piperazine rings is 1. The SMILES string of the molecule is COc1ccc(OC)c(CN2CCN(Cc3nnc(-c4cc5c(s4)CCCC5)o3)CC2)c1. The maximum Gasteiger partial charge on any atom is 0.257 e. The van der Waals surface area contributed by atoms with Crippen molar-refractivity contribution in [2.45, 2.75) is 38.8 Å². The number of thiophene rings is 1. The van der Waals surface area contributed by atoms with Crippen LogP contribution in [0.15, 0.2) is 28.7 Å². The average Bonchev–Trinajstić information content (AvgIpc) is 3.47. The van der Waals surface area contributed by atoms with Crippen molar-refractivity contribution in [3.63, 3.8) is 0 Å². The molecule has 0 unspecified atom stereocenters. The van der Waals surface area contributed by atoms with E-state index in [1.165, 1.54) is 36.1 Å². The van der Waals surface area contributed by atoms with Gasteiger partial charge >= 0.3 is 0 Å². The zero-order chi connectivity index (χ0) is 21.9. The van der Waals surface area contributed by atoms with Gasteiger partial charge in [0.1, 0.15) is 11.5 Å². The summed E-state index contributed by atoms with van der Waals surface area (Å²) in [7, 11) is 3.41. The topological polar surface area (TPSA) is 63.9 Å². The molecule has 1 fully saturated rings. The molecule has 1 saturated heterocycles. The van der Waals surface area contributed by atoms with E-state index in [9.17, 15) is 0 Å². The maximum atomic E-state index is 6.03. The van der Waals surface area contributed by atoms with Gasteiger partial charge in [0, 0.05) is 43.2 Å². The molecule has 32 heavy (non-hydrogen) atoms. The Morgan fingerprint density at radius 3 is 2.47 bits per heavy atom. The van der Waals surface area contributed by atoms with Gasteiger partial charge in [-0.2, -0.15) is 0 Å². The largest absolute Gasteiger partial charge is 0.497 e. The van der Waals surface area contributed by atoms with Gasteiger partial charge < -0.3 is 13.9 Å². The minimum absolute atomic E-state index is 0.670. The summed E-state index contributed by atoms with van der Waals surface area (Å²) in [6.07, 6.45) is 4.94. The van der Waals surface area contributed by atoms with Crippen LogP contribution in [0.25, 0.3) is 10.8 Å². The molecule has 2 aromatic heterocycles. The predicted molar refractivity (Wildman–Crippen MR) is 124 cm³/mol. The fourth-order valence-electron chi connectivity index (χ4n) is 4.56. The molecule has 0 bridgehead atoms. The molecule has 0 radical (unpaired) electrons. The molecular formula is C24H30N4O3S. The fourth-order valence-corrected chi connectivity index (χ4v) is 5.73. The Bertz CT molecular complexity index is 1030. The second-order valence-corrected chi connectivity index (χ2v) is 9.63. The molecule has 0 saturated carbocycles. The van der Waals surface area contributed by atoms with Crippen LogP contribution in [0, 0.1) is 0 Å². The summed E-state index contributed by atoms with van der Waals surface area (Å²) in [6.45, 7) is 5.46. The van der Waals surface area contributed by atoms with Crippen LogP contribution in [-0.4, -0.2) is 60.4 Å². The van der Waals surface area contributed by atoms with E-state index in [-0.39, 0.29) is 0 Å². The van der Waals surface area contributed by atoms with Crippen molar-refractivity contribution < 1.29 is 13.9 Å². The number of nitrogens with zero attached hydrogens (tertiary/aromatic N) is 4. The summed E-state index contributed by atoms with van der Waals surface area (Å²) >= 11 is 1.82. The Kier molecular flexibility index (Phi) is 6.43. The smallest absolute Gasteiger partial charge is 0.257 e. The average molecular weight is 455 g/mol. The zero-order valence-corrected chi connectivity index (χ0v) is 19.6. The van der Waals surface area contributed by atoms with Gasteiger partial charge in [-0.05, 0) is 55.5 Å². The Hall–Kier alpha value is -2.42. The standard InChI is InChI=1S/C24H30N4O3S/c1-29-19-7-8-20(30-2)18(13-19)15-27-9-11-28(12-10-27)16-23-25-26-24(31-23)22-14-17-5-3-4-6-21(17)32-22/h7-8,13-14H,3-6,9-12,15-16H2,1-2H3. The lowest BCUT2D eigenvalue weighted by atomic mass is 9.99. The molecule has 3 heterocycles. The molecule has 2 aliphatic rings. The van der Waals surface area contributed by atoms with Gasteiger partial charge in [0.2, 0.25) is 5.89 Å². The first-order valence-electron chi connectivity index (χ1n) is 11.3. The number of methoxy groups -OCH3 is 2. The number of aromatic nitrogens is 2. The molecule has 3 aromatic rings. The second-order valence-electron chi connectivity index (χ2n) is 8.50. The van der Waals surface area contributed by atoms with E-state index in [0.29, 0.717) is 18.3 Å². The first-order chi connectivity index (χ1) is 15.7. The Morgan fingerprint density at radius 1 is 0.938 bits per heavy atom. The van der Waals surface area contributed by atoms with E-state index < -0.39 is 0 Å². The number of fused-ring (bicyclic) bond motifs is 1. The molecule has 0 spiro atoms. The number of benzene rings is 1. The van der Waals surface area contributed by atoms with Crippen molar-refractivity contribution in [1.29, 1.82) is 0 Å². The molecule has 8 heteroatoms. The molecule has 1 aromatic carbocycles. The van der Waals surface area contributed by atoms with Gasteiger partial charge in [0.25, 0.3) is 5.89 Å². The van der Waals surface area contributed by atoms with Crippen molar-refractivity contribution in [2.75, 3.05) is 40.4 Å². The van der Waals surface area contributed by atoms with Crippen LogP contribution in [0.1, 0.15) is 34.7 Å². The van der Waals surface area contributed by atoms with E-state index in [0.717, 1.165) is 54.7 Å². The van der Waals surface area contributed by atoms with Crippen LogP contribution in [0.5, 0.6) is 11.5 Å². The van der Waals surface area contributed by atoms with Crippen LogP contribution in [0.4, 0.5) is 0 Å². The van der Waals surface area contributed by atoms with Gasteiger partial charge in [-0.25, -0.2) is 0 Å². The molecule has 0 amide bonds. The van der Waals surface area contributed by atoms with Crippen LogP contribution in [0.3, 0.4) is 0 Å². The van der Waals surface area contributed by atoms with Crippen LogP contribution in [0.2, 0.25) is 0 Å². The monoisotopic (exact) mass is 454 g/mol.